The Morgan fingerprint density at radius 2 is 1.59 bits per heavy atom. The summed E-state index contributed by atoms with van der Waals surface area (Å²) in [5.41, 5.74) is 0.352. The van der Waals surface area contributed by atoms with Gasteiger partial charge in [-0.2, -0.15) is 0 Å². The van der Waals surface area contributed by atoms with Gasteiger partial charge in [0.2, 0.25) is 11.8 Å². The molecule has 0 aromatic heterocycles. The molecule has 0 unspecified atom stereocenters. The van der Waals surface area contributed by atoms with E-state index in [1.165, 1.54) is 42.3 Å². The minimum Gasteiger partial charge on any atom is -0.406 e. The van der Waals surface area contributed by atoms with Crippen LogP contribution in [0.1, 0.15) is 0 Å². The van der Waals surface area contributed by atoms with Crippen LogP contribution in [0.15, 0.2) is 47.4 Å². The Morgan fingerprint density at radius 3 is 2.12 bits per heavy atom. The number of nitrogens with zero attached hydrogens (tertiary/aromatic N) is 1. The second-order valence-corrected chi connectivity index (χ2v) is 9.18. The summed E-state index contributed by atoms with van der Waals surface area (Å²) in [4.78, 5) is 25.7. The molecule has 0 fully saturated rings. The molecule has 0 aliphatic rings. The minimum atomic E-state index is -4.82. The summed E-state index contributed by atoms with van der Waals surface area (Å²) in [6.45, 7) is -0.420. The van der Waals surface area contributed by atoms with E-state index in [1.807, 2.05) is 0 Å². The Bertz CT molecular complexity index is 1090. The van der Waals surface area contributed by atoms with E-state index in [2.05, 4.69) is 15.4 Å². The molecule has 0 atom stereocenters. The first-order chi connectivity index (χ1) is 14.7. The van der Waals surface area contributed by atoms with Gasteiger partial charge in [-0.15, -0.1) is 13.2 Å². The van der Waals surface area contributed by atoms with Crippen LogP contribution in [0.2, 0.25) is 5.02 Å². The highest BCUT2D eigenvalue weighted by molar-refractivity contribution is 7.90. The molecule has 0 spiro atoms. The molecule has 2 rings (SSSR count). The zero-order valence-electron chi connectivity index (χ0n) is 16.9. The van der Waals surface area contributed by atoms with E-state index in [9.17, 15) is 31.2 Å². The number of nitrogens with one attached hydrogen (secondary N) is 2. The first-order valence-corrected chi connectivity index (χ1v) is 11.1. The van der Waals surface area contributed by atoms with Crippen LogP contribution in [0.5, 0.6) is 5.75 Å². The lowest BCUT2D eigenvalue weighted by molar-refractivity contribution is -0.274. The van der Waals surface area contributed by atoms with Crippen LogP contribution in [0.4, 0.5) is 24.5 Å². The van der Waals surface area contributed by atoms with Crippen molar-refractivity contribution in [3.8, 4) is 5.75 Å². The summed E-state index contributed by atoms with van der Waals surface area (Å²) in [6, 6.07) is 8.46. The minimum absolute atomic E-state index is 0.0171. The molecule has 8 nitrogen and oxygen atoms in total. The molecule has 0 saturated heterocycles. The third kappa shape index (κ3) is 8.36. The van der Waals surface area contributed by atoms with Crippen LogP contribution in [-0.2, 0) is 19.4 Å². The van der Waals surface area contributed by atoms with E-state index < -0.39 is 33.8 Å². The fourth-order valence-electron chi connectivity index (χ4n) is 2.51. The number of hydrogen-bond donors (Lipinski definition) is 2. The van der Waals surface area contributed by atoms with Gasteiger partial charge in [-0.3, -0.25) is 14.5 Å². The number of alkyl halides is 3. The van der Waals surface area contributed by atoms with Crippen LogP contribution in [0, 0.1) is 0 Å². The van der Waals surface area contributed by atoms with Crippen molar-refractivity contribution in [1.82, 2.24) is 4.90 Å². The maximum Gasteiger partial charge on any atom is 0.573 e. The van der Waals surface area contributed by atoms with E-state index in [-0.39, 0.29) is 34.4 Å². The summed E-state index contributed by atoms with van der Waals surface area (Å²) in [7, 11) is -2.00. The summed E-state index contributed by atoms with van der Waals surface area (Å²) < 4.78 is 63.5. The van der Waals surface area contributed by atoms with Crippen LogP contribution in [0.25, 0.3) is 0 Å². The summed E-state index contributed by atoms with van der Waals surface area (Å²) in [6.07, 6.45) is -3.80. The Labute approximate surface area is 187 Å². The third-order valence-electron chi connectivity index (χ3n) is 3.84. The van der Waals surface area contributed by atoms with Crippen molar-refractivity contribution in [2.75, 3.05) is 37.0 Å². The number of carbonyl (C=O) groups excluding carboxylic acids is 2. The van der Waals surface area contributed by atoms with Gasteiger partial charge in [0.1, 0.15) is 5.75 Å². The first-order valence-electron chi connectivity index (χ1n) is 8.86. The summed E-state index contributed by atoms with van der Waals surface area (Å²) in [5, 5.41) is 5.11. The van der Waals surface area contributed by atoms with Gasteiger partial charge in [0.05, 0.1) is 28.7 Å². The molecule has 0 aliphatic heterocycles. The number of ether oxygens (including phenoxy) is 1. The third-order valence-corrected chi connectivity index (χ3v) is 5.28. The molecule has 32 heavy (non-hydrogen) atoms. The highest BCUT2D eigenvalue weighted by atomic mass is 35.5. The SMILES string of the molecule is CN(CC(=O)Nc1ccc(OC(F)(F)F)cc1)CC(=O)Nc1cc(S(C)(=O)=O)ccc1Cl. The van der Waals surface area contributed by atoms with Crippen LogP contribution >= 0.6 is 11.6 Å². The molecule has 0 heterocycles. The highest BCUT2D eigenvalue weighted by Crippen LogP contribution is 2.25. The van der Waals surface area contributed by atoms with E-state index >= 15 is 0 Å². The van der Waals surface area contributed by atoms with Crippen LogP contribution < -0.4 is 15.4 Å². The van der Waals surface area contributed by atoms with Gasteiger partial charge < -0.3 is 15.4 Å². The number of carbonyl (C=O) groups is 2. The molecule has 2 N–H and O–H groups in total. The molecule has 0 saturated carbocycles. The van der Waals surface area contributed by atoms with Gasteiger partial charge in [-0.1, -0.05) is 11.6 Å². The number of hydrogen-bond acceptors (Lipinski definition) is 6. The summed E-state index contributed by atoms with van der Waals surface area (Å²) >= 11 is 5.99. The van der Waals surface area contributed by atoms with Crippen molar-refractivity contribution in [1.29, 1.82) is 0 Å². The zero-order valence-corrected chi connectivity index (χ0v) is 18.4. The van der Waals surface area contributed by atoms with Gasteiger partial charge in [0.25, 0.3) is 0 Å². The largest absolute Gasteiger partial charge is 0.573 e. The first kappa shape index (κ1) is 25.4. The maximum atomic E-state index is 12.2. The van der Waals surface area contributed by atoms with Crippen molar-refractivity contribution >= 4 is 44.6 Å². The van der Waals surface area contributed by atoms with Gasteiger partial charge in [-0.05, 0) is 49.5 Å². The zero-order chi connectivity index (χ0) is 24.1. The fraction of sp³-hybridized carbons (Fsp3) is 0.263. The van der Waals surface area contributed by atoms with E-state index in [0.717, 1.165) is 18.4 Å². The van der Waals surface area contributed by atoms with Gasteiger partial charge in [0, 0.05) is 11.9 Å². The number of rotatable bonds is 8. The fourth-order valence-corrected chi connectivity index (χ4v) is 3.32. The molecule has 2 amide bonds. The normalized spacial score (nSPS) is 11.8. The number of amides is 2. The average Bonchev–Trinajstić information content (AvgIpc) is 2.62. The van der Waals surface area contributed by atoms with Crippen molar-refractivity contribution in [3.63, 3.8) is 0 Å². The van der Waals surface area contributed by atoms with E-state index in [0.29, 0.717) is 0 Å². The number of sulfone groups is 1. The van der Waals surface area contributed by atoms with Crippen molar-refractivity contribution in [2.24, 2.45) is 0 Å². The van der Waals surface area contributed by atoms with Gasteiger partial charge >= 0.3 is 6.36 Å². The second kappa shape index (κ2) is 10.2. The number of benzene rings is 2. The quantitative estimate of drug-likeness (QED) is 0.585. The molecule has 0 radical (unpaired) electrons. The van der Waals surface area contributed by atoms with Crippen molar-refractivity contribution < 1.29 is 35.9 Å². The van der Waals surface area contributed by atoms with E-state index in [4.69, 9.17) is 11.6 Å². The Morgan fingerprint density at radius 1 is 1.03 bits per heavy atom. The lowest BCUT2D eigenvalue weighted by Gasteiger charge is -2.17. The predicted molar refractivity (Wildman–Crippen MR) is 112 cm³/mol. The number of halogens is 4. The Hall–Kier alpha value is -2.83. The highest BCUT2D eigenvalue weighted by Gasteiger charge is 2.31. The topological polar surface area (TPSA) is 105 Å². The molecule has 0 bridgehead atoms. The average molecular weight is 494 g/mol. The lowest BCUT2D eigenvalue weighted by Crippen LogP contribution is -2.36. The number of anilines is 2. The van der Waals surface area contributed by atoms with Gasteiger partial charge in [-0.25, -0.2) is 8.42 Å². The second-order valence-electron chi connectivity index (χ2n) is 6.75. The molecule has 13 heteroatoms. The van der Waals surface area contributed by atoms with Crippen LogP contribution in [0.3, 0.4) is 0 Å². The standard InChI is InChI=1S/C19H19ClF3N3O5S/c1-26(10-17(27)24-12-3-5-13(6-4-12)31-19(21,22)23)11-18(28)25-16-9-14(32(2,29)30)7-8-15(16)20/h3-9H,10-11H2,1-2H3,(H,24,27)(H,25,28). The molecule has 2 aromatic carbocycles. The molecular weight excluding hydrogens is 475 g/mol. The molecule has 174 valence electrons. The molecule has 0 aliphatic carbocycles. The Balaban J connectivity index is 1.89. The van der Waals surface area contributed by atoms with Crippen molar-refractivity contribution in [3.05, 3.63) is 47.5 Å². The van der Waals surface area contributed by atoms with Gasteiger partial charge in [0.15, 0.2) is 9.84 Å². The van der Waals surface area contributed by atoms with Crippen molar-refractivity contribution in [2.45, 2.75) is 11.3 Å². The monoisotopic (exact) mass is 493 g/mol. The molecule has 2 aromatic rings. The van der Waals surface area contributed by atoms with Crippen LogP contribution in [-0.4, -0.2) is 57.9 Å². The number of likely N-dealkylation sites (N-methyl/N-ethyl adjacent to an activating group) is 1. The Kier molecular flexibility index (Phi) is 8.10. The lowest BCUT2D eigenvalue weighted by atomic mass is 10.3. The van der Waals surface area contributed by atoms with E-state index in [1.54, 1.807) is 0 Å². The molecular formula is C19H19ClF3N3O5S. The maximum absolute atomic E-state index is 12.2. The summed E-state index contributed by atoms with van der Waals surface area (Å²) in [5.74, 6) is -1.48. The predicted octanol–water partition coefficient (Wildman–Crippen LogP) is 3.15. The smallest absolute Gasteiger partial charge is 0.406 e.